The van der Waals surface area contributed by atoms with Crippen LogP contribution in [0.15, 0.2) is 40.6 Å². The summed E-state index contributed by atoms with van der Waals surface area (Å²) in [4.78, 5) is 13.0. The minimum atomic E-state index is -0.244. The van der Waals surface area contributed by atoms with Gasteiger partial charge in [-0.25, -0.2) is 4.79 Å². The summed E-state index contributed by atoms with van der Waals surface area (Å²) in [6, 6.07) is 8.29. The molecule has 5 nitrogen and oxygen atoms in total. The number of carbonyl (C=O) groups is 1. The molecule has 1 heterocycles. The molecule has 146 valence electrons. The number of hydrogen-bond donors (Lipinski definition) is 0. The predicted molar refractivity (Wildman–Crippen MR) is 107 cm³/mol. The van der Waals surface area contributed by atoms with E-state index in [1.165, 1.54) is 12.8 Å². The topological polar surface area (TPSA) is 51.1 Å². The third kappa shape index (κ3) is 3.87. The molecule has 1 unspecified atom stereocenters. The van der Waals surface area contributed by atoms with E-state index in [0.717, 1.165) is 42.0 Å². The highest BCUT2D eigenvalue weighted by atomic mass is 16.5. The third-order valence-corrected chi connectivity index (χ3v) is 5.55. The number of hydrogen-bond acceptors (Lipinski definition) is 5. The molecule has 0 bridgehead atoms. The van der Waals surface area contributed by atoms with Gasteiger partial charge in [-0.05, 0) is 50.8 Å². The Kier molecular flexibility index (Phi) is 6.19. The highest BCUT2D eigenvalue weighted by molar-refractivity contribution is 6.04. The second-order valence-corrected chi connectivity index (χ2v) is 7.16. The van der Waals surface area contributed by atoms with Crippen molar-refractivity contribution < 1.29 is 14.3 Å². The van der Waals surface area contributed by atoms with Gasteiger partial charge in [0.05, 0.1) is 37.0 Å². The number of allylic oxidation sites excluding steroid dienone is 1. The van der Waals surface area contributed by atoms with E-state index < -0.39 is 0 Å². The lowest BCUT2D eigenvalue weighted by atomic mass is 9.83. The van der Waals surface area contributed by atoms with Gasteiger partial charge in [0.1, 0.15) is 5.75 Å². The van der Waals surface area contributed by atoms with Crippen LogP contribution in [-0.2, 0) is 9.53 Å². The first-order valence-corrected chi connectivity index (χ1v) is 9.99. The monoisotopic (exact) mass is 370 g/mol. The zero-order valence-corrected chi connectivity index (χ0v) is 16.8. The van der Waals surface area contributed by atoms with Gasteiger partial charge in [-0.2, -0.15) is 5.10 Å². The van der Waals surface area contributed by atoms with Crippen LogP contribution in [0.1, 0.15) is 64.4 Å². The average molecular weight is 370 g/mol. The zero-order chi connectivity index (χ0) is 19.4. The highest BCUT2D eigenvalue weighted by Gasteiger charge is 2.37. The Morgan fingerprint density at radius 2 is 2.00 bits per heavy atom. The fourth-order valence-electron chi connectivity index (χ4n) is 4.20. The Balaban J connectivity index is 2.10. The molecule has 1 aliphatic carbocycles. The van der Waals surface area contributed by atoms with E-state index in [9.17, 15) is 4.79 Å². The fourth-order valence-corrected chi connectivity index (χ4v) is 4.20. The molecule has 1 aromatic carbocycles. The summed E-state index contributed by atoms with van der Waals surface area (Å²) in [5.74, 6) is 0.343. The summed E-state index contributed by atoms with van der Waals surface area (Å²) < 4.78 is 10.9. The van der Waals surface area contributed by atoms with Crippen molar-refractivity contribution in [1.82, 2.24) is 5.01 Å². The number of ether oxygens (including phenoxy) is 2. The van der Waals surface area contributed by atoms with Crippen LogP contribution in [0.3, 0.4) is 0 Å². The maximum atomic E-state index is 13.0. The number of hydrazone groups is 1. The minimum absolute atomic E-state index is 0.193. The Bertz CT molecular complexity index is 748. The predicted octanol–water partition coefficient (Wildman–Crippen LogP) is 4.64. The second kappa shape index (κ2) is 8.59. The lowest BCUT2D eigenvalue weighted by Crippen LogP contribution is -2.37. The molecular formula is C22H30N2O3. The summed E-state index contributed by atoms with van der Waals surface area (Å²) in [6.07, 6.45) is 5.47. The van der Waals surface area contributed by atoms with E-state index in [2.05, 4.69) is 11.9 Å². The smallest absolute Gasteiger partial charge is 0.336 e. The Morgan fingerprint density at radius 3 is 2.63 bits per heavy atom. The first-order valence-electron chi connectivity index (χ1n) is 9.99. The van der Waals surface area contributed by atoms with Crippen LogP contribution in [0, 0.1) is 0 Å². The normalized spacial score (nSPS) is 20.7. The molecule has 1 aliphatic heterocycles. The van der Waals surface area contributed by atoms with Crippen molar-refractivity contribution in [3.05, 3.63) is 41.1 Å². The van der Waals surface area contributed by atoms with Gasteiger partial charge in [-0.1, -0.05) is 31.9 Å². The molecule has 0 saturated heterocycles. The van der Waals surface area contributed by atoms with Crippen LogP contribution >= 0.6 is 0 Å². The Hall–Kier alpha value is -2.30. The van der Waals surface area contributed by atoms with E-state index >= 15 is 0 Å². The Labute approximate surface area is 162 Å². The maximum absolute atomic E-state index is 13.0. The quantitative estimate of drug-likeness (QED) is 0.685. The van der Waals surface area contributed by atoms with Crippen LogP contribution in [-0.4, -0.2) is 36.4 Å². The van der Waals surface area contributed by atoms with Gasteiger partial charge in [0.25, 0.3) is 0 Å². The number of esters is 1. The van der Waals surface area contributed by atoms with Gasteiger partial charge >= 0.3 is 5.97 Å². The van der Waals surface area contributed by atoms with E-state index in [1.54, 1.807) is 7.11 Å². The molecule has 0 radical (unpaired) electrons. The number of methoxy groups -OCH3 is 1. The van der Waals surface area contributed by atoms with Crippen molar-refractivity contribution in [2.45, 2.75) is 64.8 Å². The molecule has 1 saturated carbocycles. The van der Waals surface area contributed by atoms with Gasteiger partial charge in [-0.15, -0.1) is 0 Å². The summed E-state index contributed by atoms with van der Waals surface area (Å²) in [5, 5.41) is 7.10. The van der Waals surface area contributed by atoms with Crippen LogP contribution in [0.2, 0.25) is 0 Å². The Morgan fingerprint density at radius 1 is 1.26 bits per heavy atom. The molecule has 5 heteroatoms. The zero-order valence-electron chi connectivity index (χ0n) is 16.8. The highest BCUT2D eigenvalue weighted by Crippen LogP contribution is 2.39. The summed E-state index contributed by atoms with van der Waals surface area (Å²) in [6.45, 7) is 6.32. The maximum Gasteiger partial charge on any atom is 0.336 e. The molecule has 0 N–H and O–H groups in total. The molecule has 27 heavy (non-hydrogen) atoms. The molecule has 0 aromatic heterocycles. The van der Waals surface area contributed by atoms with Gasteiger partial charge in [0.2, 0.25) is 0 Å². The van der Waals surface area contributed by atoms with Crippen LogP contribution < -0.4 is 4.74 Å². The third-order valence-electron chi connectivity index (χ3n) is 5.55. The summed E-state index contributed by atoms with van der Waals surface area (Å²) in [7, 11) is 1.66. The van der Waals surface area contributed by atoms with Crippen LogP contribution in [0.5, 0.6) is 5.75 Å². The summed E-state index contributed by atoms with van der Waals surface area (Å²) in [5.41, 5.74) is 3.65. The van der Waals surface area contributed by atoms with Crippen molar-refractivity contribution in [2.24, 2.45) is 5.10 Å². The van der Waals surface area contributed by atoms with E-state index in [0.29, 0.717) is 18.2 Å². The number of carbonyl (C=O) groups excluding carboxylic acids is 1. The number of nitrogens with zero attached hydrogens (tertiary/aromatic N) is 2. The molecule has 0 spiro atoms. The SMILES string of the molecule is CCOC(=O)C1=C(C)N(C2CCCC2)N=C(CC)C1c1cccc(OC)c1. The molecule has 3 rings (SSSR count). The van der Waals surface area contributed by atoms with Crippen molar-refractivity contribution in [1.29, 1.82) is 0 Å². The minimum Gasteiger partial charge on any atom is -0.497 e. The molecule has 1 aromatic rings. The van der Waals surface area contributed by atoms with Crippen molar-refractivity contribution >= 4 is 11.7 Å². The standard InChI is InChI=1S/C22H30N2O3/c1-5-19-21(16-10-9-13-18(14-16)26-4)20(22(25)27-6-2)15(3)24(23-19)17-11-7-8-12-17/h9-10,13-14,17,21H,5-8,11-12H2,1-4H3. The van der Waals surface area contributed by atoms with Crippen LogP contribution in [0.4, 0.5) is 0 Å². The van der Waals surface area contributed by atoms with Crippen molar-refractivity contribution in [3.8, 4) is 5.75 Å². The van der Waals surface area contributed by atoms with Gasteiger partial charge in [0, 0.05) is 5.70 Å². The summed E-state index contributed by atoms with van der Waals surface area (Å²) >= 11 is 0. The van der Waals surface area contributed by atoms with Gasteiger partial charge in [0.15, 0.2) is 0 Å². The first kappa shape index (κ1) is 19.5. The number of benzene rings is 1. The molecular weight excluding hydrogens is 340 g/mol. The van der Waals surface area contributed by atoms with Crippen LogP contribution in [0.25, 0.3) is 0 Å². The van der Waals surface area contributed by atoms with E-state index in [1.807, 2.05) is 38.1 Å². The number of rotatable bonds is 6. The van der Waals surface area contributed by atoms with Crippen molar-refractivity contribution in [3.63, 3.8) is 0 Å². The van der Waals surface area contributed by atoms with Gasteiger partial charge in [-0.3, -0.25) is 5.01 Å². The van der Waals surface area contributed by atoms with Gasteiger partial charge < -0.3 is 9.47 Å². The largest absolute Gasteiger partial charge is 0.497 e. The molecule has 0 amide bonds. The van der Waals surface area contributed by atoms with E-state index in [-0.39, 0.29) is 11.9 Å². The molecule has 1 fully saturated rings. The molecule has 2 aliphatic rings. The lowest BCUT2D eigenvalue weighted by Gasteiger charge is -2.36. The first-order chi connectivity index (χ1) is 13.1. The van der Waals surface area contributed by atoms with Crippen molar-refractivity contribution in [2.75, 3.05) is 13.7 Å². The average Bonchev–Trinajstić information content (AvgIpc) is 3.22. The fraction of sp³-hybridized carbons (Fsp3) is 0.545. The van der Waals surface area contributed by atoms with E-state index in [4.69, 9.17) is 14.6 Å². The molecule has 1 atom stereocenters. The lowest BCUT2D eigenvalue weighted by molar-refractivity contribution is -0.139. The second-order valence-electron chi connectivity index (χ2n) is 7.16.